The standard InChI is InChI=1S/C37H36F3N7O3/c1-24(30-11-5-6-12-31(30)32-13-7-8-14-33(32)50-37(38,39)40)41-36(49)47(29-21-19-27(20-22-29)26-9-3-2-4-10-26)23-25-15-17-28(18-16-25)34(48)42-35-43-45-46-44-35/h5-8,11-22,24,26H,2-4,9-10,23H2,1H3,(H,41,49)(H2,42,43,44,45,46,48). The molecule has 6 rings (SSSR count). The first-order chi connectivity index (χ1) is 24.1. The van der Waals surface area contributed by atoms with Gasteiger partial charge in [0.05, 0.1) is 12.6 Å². The summed E-state index contributed by atoms with van der Waals surface area (Å²) in [5.41, 5.74) is 4.41. The third kappa shape index (κ3) is 8.46. The van der Waals surface area contributed by atoms with Gasteiger partial charge in [0, 0.05) is 16.8 Å². The highest BCUT2D eigenvalue weighted by Crippen LogP contribution is 2.38. The lowest BCUT2D eigenvalue weighted by Gasteiger charge is -2.28. The van der Waals surface area contributed by atoms with E-state index in [9.17, 15) is 22.8 Å². The molecule has 0 aliphatic heterocycles. The van der Waals surface area contributed by atoms with Gasteiger partial charge in [-0.15, -0.1) is 18.3 Å². The number of urea groups is 1. The van der Waals surface area contributed by atoms with Crippen LogP contribution in [0.3, 0.4) is 0 Å². The molecule has 0 spiro atoms. The molecule has 1 atom stereocenters. The summed E-state index contributed by atoms with van der Waals surface area (Å²) in [4.78, 5) is 28.4. The van der Waals surface area contributed by atoms with Crippen molar-refractivity contribution in [3.8, 4) is 16.9 Å². The molecule has 0 radical (unpaired) electrons. The minimum atomic E-state index is -4.87. The average molecular weight is 684 g/mol. The molecule has 1 aliphatic carbocycles. The summed E-state index contributed by atoms with van der Waals surface area (Å²) in [6, 6.07) is 26.8. The van der Waals surface area contributed by atoms with Gasteiger partial charge in [-0.1, -0.05) is 91.1 Å². The van der Waals surface area contributed by atoms with E-state index in [1.165, 1.54) is 37.0 Å². The van der Waals surface area contributed by atoms with Crippen LogP contribution in [0.1, 0.15) is 78.0 Å². The molecule has 1 heterocycles. The van der Waals surface area contributed by atoms with Crippen LogP contribution in [0.4, 0.5) is 29.6 Å². The van der Waals surface area contributed by atoms with Crippen molar-refractivity contribution in [3.63, 3.8) is 0 Å². The van der Waals surface area contributed by atoms with Gasteiger partial charge in [-0.25, -0.2) is 4.79 Å². The maximum atomic E-state index is 14.1. The Hall–Kier alpha value is -5.72. The van der Waals surface area contributed by atoms with Crippen molar-refractivity contribution < 1.29 is 27.5 Å². The fourth-order valence-corrected chi connectivity index (χ4v) is 6.34. The highest BCUT2D eigenvalue weighted by molar-refractivity contribution is 6.03. The number of para-hydroxylation sites is 1. The Morgan fingerprint density at radius 1 is 0.900 bits per heavy atom. The molecule has 3 N–H and O–H groups in total. The molecule has 13 heteroatoms. The van der Waals surface area contributed by atoms with E-state index in [0.29, 0.717) is 28.3 Å². The Morgan fingerprint density at radius 2 is 1.58 bits per heavy atom. The van der Waals surface area contributed by atoms with Crippen LogP contribution in [0.2, 0.25) is 0 Å². The summed E-state index contributed by atoms with van der Waals surface area (Å²) in [5, 5.41) is 18.8. The number of rotatable bonds is 10. The first-order valence-electron chi connectivity index (χ1n) is 16.4. The van der Waals surface area contributed by atoms with Crippen LogP contribution in [0.25, 0.3) is 11.1 Å². The van der Waals surface area contributed by atoms with Gasteiger partial charge in [-0.3, -0.25) is 15.0 Å². The predicted molar refractivity (Wildman–Crippen MR) is 183 cm³/mol. The van der Waals surface area contributed by atoms with Crippen molar-refractivity contribution >= 4 is 23.6 Å². The number of aromatic amines is 1. The van der Waals surface area contributed by atoms with Crippen LogP contribution in [0.5, 0.6) is 5.75 Å². The van der Waals surface area contributed by atoms with Gasteiger partial charge in [0.25, 0.3) is 11.9 Å². The topological polar surface area (TPSA) is 125 Å². The zero-order valence-electron chi connectivity index (χ0n) is 27.3. The number of ether oxygens (including phenoxy) is 1. The van der Waals surface area contributed by atoms with E-state index < -0.39 is 24.3 Å². The number of carbonyl (C=O) groups excluding carboxylic acids is 2. The Bertz CT molecular complexity index is 1890. The average Bonchev–Trinajstić information content (AvgIpc) is 3.64. The maximum Gasteiger partial charge on any atom is 0.573 e. The van der Waals surface area contributed by atoms with Crippen LogP contribution >= 0.6 is 0 Å². The number of nitrogens with one attached hydrogen (secondary N) is 3. The first-order valence-corrected chi connectivity index (χ1v) is 16.4. The molecule has 1 aliphatic rings. The normalized spacial score (nSPS) is 14.1. The van der Waals surface area contributed by atoms with Gasteiger partial charge in [0.2, 0.25) is 0 Å². The summed E-state index contributed by atoms with van der Waals surface area (Å²) in [6.07, 6.45) is 1.08. The number of tetrazole rings is 1. The predicted octanol–water partition coefficient (Wildman–Crippen LogP) is 8.54. The summed E-state index contributed by atoms with van der Waals surface area (Å²) in [6.45, 7) is 1.96. The fourth-order valence-electron chi connectivity index (χ4n) is 6.34. The van der Waals surface area contributed by atoms with Crippen LogP contribution in [-0.2, 0) is 6.54 Å². The number of amides is 3. The number of alkyl halides is 3. The van der Waals surface area contributed by atoms with E-state index in [4.69, 9.17) is 0 Å². The van der Waals surface area contributed by atoms with Gasteiger partial charge in [0.15, 0.2) is 0 Å². The number of nitrogens with zero attached hydrogens (tertiary/aromatic N) is 4. The molecule has 0 saturated heterocycles. The second kappa shape index (κ2) is 15.2. The number of anilines is 2. The third-order valence-corrected chi connectivity index (χ3v) is 8.82. The largest absolute Gasteiger partial charge is 0.573 e. The van der Waals surface area contributed by atoms with Crippen LogP contribution in [-0.4, -0.2) is 38.9 Å². The van der Waals surface area contributed by atoms with Gasteiger partial charge in [-0.05, 0) is 83.5 Å². The Balaban J connectivity index is 1.25. The van der Waals surface area contributed by atoms with E-state index in [-0.39, 0.29) is 23.8 Å². The van der Waals surface area contributed by atoms with Gasteiger partial charge >= 0.3 is 12.4 Å². The van der Waals surface area contributed by atoms with E-state index in [2.05, 4.69) is 48.1 Å². The van der Waals surface area contributed by atoms with Crippen LogP contribution in [0, 0.1) is 0 Å². The van der Waals surface area contributed by atoms with Crippen LogP contribution < -0.4 is 20.3 Å². The van der Waals surface area contributed by atoms with Crippen LogP contribution in [0.15, 0.2) is 97.1 Å². The highest BCUT2D eigenvalue weighted by atomic mass is 19.4. The summed E-state index contributed by atoms with van der Waals surface area (Å²) in [5.74, 6) is -0.210. The number of benzene rings is 4. The van der Waals surface area contributed by atoms with E-state index in [1.807, 2.05) is 12.1 Å². The van der Waals surface area contributed by atoms with Crippen molar-refractivity contribution in [3.05, 3.63) is 119 Å². The first kappa shape index (κ1) is 34.2. The molecule has 50 heavy (non-hydrogen) atoms. The Kier molecular flexibility index (Phi) is 10.4. The third-order valence-electron chi connectivity index (χ3n) is 8.82. The number of halogens is 3. The summed E-state index contributed by atoms with van der Waals surface area (Å²) < 4.78 is 44.1. The van der Waals surface area contributed by atoms with E-state index in [1.54, 1.807) is 72.5 Å². The van der Waals surface area contributed by atoms with E-state index in [0.717, 1.165) is 18.4 Å². The molecular formula is C37H36F3N7O3. The molecule has 1 fully saturated rings. The summed E-state index contributed by atoms with van der Waals surface area (Å²) >= 11 is 0. The fraction of sp³-hybridized carbons (Fsp3) is 0.270. The van der Waals surface area contributed by atoms with Gasteiger partial charge < -0.3 is 10.1 Å². The van der Waals surface area contributed by atoms with Crippen molar-refractivity contribution in [2.75, 3.05) is 10.2 Å². The number of hydrogen-bond donors (Lipinski definition) is 3. The molecular weight excluding hydrogens is 647 g/mol. The molecule has 5 aromatic rings. The maximum absolute atomic E-state index is 14.1. The number of aromatic nitrogens is 4. The number of hydrogen-bond acceptors (Lipinski definition) is 6. The monoisotopic (exact) mass is 683 g/mol. The lowest BCUT2D eigenvalue weighted by Crippen LogP contribution is -2.41. The second-order valence-electron chi connectivity index (χ2n) is 12.2. The molecule has 1 unspecified atom stereocenters. The molecule has 0 bridgehead atoms. The van der Waals surface area contributed by atoms with Crippen molar-refractivity contribution in [2.45, 2.75) is 63.9 Å². The lowest BCUT2D eigenvalue weighted by atomic mass is 9.84. The Labute approximate surface area is 287 Å². The second-order valence-corrected chi connectivity index (χ2v) is 12.2. The van der Waals surface area contributed by atoms with E-state index >= 15 is 0 Å². The molecule has 1 saturated carbocycles. The lowest BCUT2D eigenvalue weighted by molar-refractivity contribution is -0.274. The van der Waals surface area contributed by atoms with Gasteiger partial charge in [-0.2, -0.15) is 5.21 Å². The van der Waals surface area contributed by atoms with Crippen molar-refractivity contribution in [1.82, 2.24) is 25.9 Å². The summed E-state index contributed by atoms with van der Waals surface area (Å²) in [7, 11) is 0. The van der Waals surface area contributed by atoms with Crippen molar-refractivity contribution in [1.29, 1.82) is 0 Å². The molecule has 258 valence electrons. The zero-order valence-corrected chi connectivity index (χ0v) is 27.3. The van der Waals surface area contributed by atoms with Gasteiger partial charge in [0.1, 0.15) is 5.75 Å². The zero-order chi connectivity index (χ0) is 35.1. The highest BCUT2D eigenvalue weighted by Gasteiger charge is 2.32. The number of carbonyl (C=O) groups is 2. The smallest absolute Gasteiger partial charge is 0.405 e. The number of H-pyrrole nitrogens is 1. The van der Waals surface area contributed by atoms with Crippen molar-refractivity contribution in [2.24, 2.45) is 0 Å². The minimum Gasteiger partial charge on any atom is -0.405 e. The quantitative estimate of drug-likeness (QED) is 0.136. The molecule has 3 amide bonds. The molecule has 1 aromatic heterocycles. The molecule has 10 nitrogen and oxygen atoms in total. The molecule has 4 aromatic carbocycles. The Morgan fingerprint density at radius 3 is 2.26 bits per heavy atom. The minimum absolute atomic E-state index is 0.0469. The SMILES string of the molecule is CC(NC(=O)N(Cc1ccc(C(=O)Nc2nn[nH]n2)cc1)c1ccc(C2CCCCC2)cc1)c1ccccc1-c1ccccc1OC(F)(F)F.